The summed E-state index contributed by atoms with van der Waals surface area (Å²) in [7, 11) is 0. The molecular formula is C27H31N3O3. The predicted molar refractivity (Wildman–Crippen MR) is 131 cm³/mol. The summed E-state index contributed by atoms with van der Waals surface area (Å²) in [6.45, 7) is 6.95. The van der Waals surface area contributed by atoms with Gasteiger partial charge in [-0.1, -0.05) is 19.1 Å². The number of anilines is 1. The Morgan fingerprint density at radius 3 is 2.55 bits per heavy atom. The van der Waals surface area contributed by atoms with Crippen LogP contribution >= 0.6 is 0 Å². The van der Waals surface area contributed by atoms with Crippen LogP contribution in [0.3, 0.4) is 0 Å². The Morgan fingerprint density at radius 1 is 1.18 bits per heavy atom. The number of nitriles is 1. The molecule has 3 aromatic rings. The second kappa shape index (κ2) is 9.99. The molecule has 1 aliphatic carbocycles. The molecular weight excluding hydrogens is 414 g/mol. The lowest BCUT2D eigenvalue weighted by Gasteiger charge is -2.16. The van der Waals surface area contributed by atoms with Crippen molar-refractivity contribution >= 4 is 22.7 Å². The number of fused-ring (bicyclic) bond motifs is 1. The zero-order chi connectivity index (χ0) is 23.4. The highest BCUT2D eigenvalue weighted by atomic mass is 16.6. The van der Waals surface area contributed by atoms with E-state index in [9.17, 15) is 10.1 Å². The molecule has 0 spiro atoms. The van der Waals surface area contributed by atoms with Crippen molar-refractivity contribution in [1.29, 1.82) is 5.26 Å². The minimum Gasteiger partial charge on any atom is -0.494 e. The SMILES string of the molecule is CCCOc1ccc2c(C#N)c(-c3ccc(NC(=O)OC4CCCC4)cc3)n(C(C)C)c2c1. The van der Waals surface area contributed by atoms with Crippen LogP contribution in [0.15, 0.2) is 42.5 Å². The molecule has 6 nitrogen and oxygen atoms in total. The summed E-state index contributed by atoms with van der Waals surface area (Å²) < 4.78 is 13.5. The number of nitrogens with zero attached hydrogens (tertiary/aromatic N) is 2. The fourth-order valence-corrected chi connectivity index (χ4v) is 4.55. The van der Waals surface area contributed by atoms with Gasteiger partial charge in [0, 0.05) is 23.2 Å². The summed E-state index contributed by atoms with van der Waals surface area (Å²) >= 11 is 0. The van der Waals surface area contributed by atoms with Gasteiger partial charge in [0.15, 0.2) is 0 Å². The van der Waals surface area contributed by atoms with Gasteiger partial charge in [-0.05, 0) is 75.8 Å². The van der Waals surface area contributed by atoms with Gasteiger partial charge in [-0.25, -0.2) is 4.79 Å². The van der Waals surface area contributed by atoms with Crippen LogP contribution in [0.4, 0.5) is 10.5 Å². The molecule has 0 saturated heterocycles. The van der Waals surface area contributed by atoms with E-state index in [1.807, 2.05) is 42.5 Å². The summed E-state index contributed by atoms with van der Waals surface area (Å²) in [4.78, 5) is 12.2. The monoisotopic (exact) mass is 445 g/mol. The van der Waals surface area contributed by atoms with Crippen LogP contribution in [-0.2, 0) is 4.74 Å². The van der Waals surface area contributed by atoms with E-state index in [0.717, 1.165) is 60.0 Å². The number of benzene rings is 2. The van der Waals surface area contributed by atoms with Crippen molar-refractivity contribution in [2.75, 3.05) is 11.9 Å². The first kappa shape index (κ1) is 22.7. The van der Waals surface area contributed by atoms with E-state index >= 15 is 0 Å². The molecule has 0 bridgehead atoms. The van der Waals surface area contributed by atoms with Gasteiger partial charge in [0.1, 0.15) is 17.9 Å². The van der Waals surface area contributed by atoms with E-state index in [0.29, 0.717) is 17.9 Å². The third-order valence-electron chi connectivity index (χ3n) is 6.06. The van der Waals surface area contributed by atoms with E-state index in [1.165, 1.54) is 0 Å². The standard InChI is InChI=1S/C27H31N3O3/c1-4-15-32-22-13-14-23-24(17-28)26(30(18(2)3)25(23)16-22)19-9-11-20(12-10-19)29-27(31)33-21-7-5-6-8-21/h9-14,16,18,21H,4-8,15H2,1-3H3,(H,29,31). The lowest BCUT2D eigenvalue weighted by atomic mass is 10.1. The van der Waals surface area contributed by atoms with Gasteiger partial charge in [0.05, 0.1) is 23.4 Å². The van der Waals surface area contributed by atoms with Crippen LogP contribution in [0.2, 0.25) is 0 Å². The highest BCUT2D eigenvalue weighted by molar-refractivity contribution is 5.95. The van der Waals surface area contributed by atoms with Crippen LogP contribution in [0.25, 0.3) is 22.2 Å². The van der Waals surface area contributed by atoms with Crippen molar-refractivity contribution in [1.82, 2.24) is 4.57 Å². The number of hydrogen-bond acceptors (Lipinski definition) is 4. The van der Waals surface area contributed by atoms with Gasteiger partial charge in [-0.15, -0.1) is 0 Å². The van der Waals surface area contributed by atoms with E-state index in [1.54, 1.807) is 0 Å². The smallest absolute Gasteiger partial charge is 0.411 e. The maximum absolute atomic E-state index is 12.2. The summed E-state index contributed by atoms with van der Waals surface area (Å²) in [6, 6.07) is 16.0. The second-order valence-corrected chi connectivity index (χ2v) is 8.84. The average molecular weight is 446 g/mol. The molecule has 0 atom stereocenters. The highest BCUT2D eigenvalue weighted by Gasteiger charge is 2.22. The zero-order valence-electron chi connectivity index (χ0n) is 19.6. The minimum absolute atomic E-state index is 0.0235. The summed E-state index contributed by atoms with van der Waals surface area (Å²) in [6.07, 6.45) is 4.65. The number of carbonyl (C=O) groups excluding carboxylic acids is 1. The van der Waals surface area contributed by atoms with Crippen LogP contribution in [0.1, 0.15) is 64.5 Å². The molecule has 1 aliphatic rings. The molecule has 172 valence electrons. The Balaban J connectivity index is 1.65. The third-order valence-corrected chi connectivity index (χ3v) is 6.06. The molecule has 1 N–H and O–H groups in total. The van der Waals surface area contributed by atoms with Gasteiger partial charge >= 0.3 is 6.09 Å². The van der Waals surface area contributed by atoms with Crippen LogP contribution in [0.5, 0.6) is 5.75 Å². The number of aromatic nitrogens is 1. The molecule has 33 heavy (non-hydrogen) atoms. The van der Waals surface area contributed by atoms with Gasteiger partial charge in [0.25, 0.3) is 0 Å². The maximum Gasteiger partial charge on any atom is 0.411 e. The number of amides is 1. The zero-order valence-corrected chi connectivity index (χ0v) is 19.6. The fraction of sp³-hybridized carbons (Fsp3) is 0.407. The molecule has 1 aromatic heterocycles. The van der Waals surface area contributed by atoms with E-state index < -0.39 is 6.09 Å². The molecule has 1 amide bonds. The third kappa shape index (κ3) is 4.83. The number of hydrogen-bond donors (Lipinski definition) is 1. The molecule has 2 aromatic carbocycles. The van der Waals surface area contributed by atoms with Crippen LogP contribution in [0, 0.1) is 11.3 Å². The van der Waals surface area contributed by atoms with Crippen LogP contribution < -0.4 is 10.1 Å². The van der Waals surface area contributed by atoms with Crippen LogP contribution in [-0.4, -0.2) is 23.4 Å². The molecule has 4 rings (SSSR count). The summed E-state index contributed by atoms with van der Waals surface area (Å²) in [5.41, 5.74) is 4.08. The first-order chi connectivity index (χ1) is 16.0. The highest BCUT2D eigenvalue weighted by Crippen LogP contribution is 2.38. The first-order valence-electron chi connectivity index (χ1n) is 11.8. The Bertz CT molecular complexity index is 1170. The molecule has 0 unspecified atom stereocenters. The van der Waals surface area contributed by atoms with E-state index in [-0.39, 0.29) is 12.1 Å². The number of rotatable bonds is 7. The molecule has 1 heterocycles. The number of nitrogens with one attached hydrogen (secondary N) is 1. The van der Waals surface area contributed by atoms with Crippen molar-refractivity contribution in [2.24, 2.45) is 0 Å². The van der Waals surface area contributed by atoms with Crippen molar-refractivity contribution in [3.63, 3.8) is 0 Å². The minimum atomic E-state index is -0.414. The molecule has 1 fully saturated rings. The van der Waals surface area contributed by atoms with Gasteiger partial charge in [0.2, 0.25) is 0 Å². The summed E-state index contributed by atoms with van der Waals surface area (Å²) in [5.74, 6) is 0.806. The largest absolute Gasteiger partial charge is 0.494 e. The Kier molecular flexibility index (Phi) is 6.88. The molecule has 1 saturated carbocycles. The molecule has 6 heteroatoms. The average Bonchev–Trinajstić information content (AvgIpc) is 3.43. The van der Waals surface area contributed by atoms with Gasteiger partial charge in [-0.3, -0.25) is 5.32 Å². The van der Waals surface area contributed by atoms with Crippen molar-refractivity contribution in [3.8, 4) is 23.1 Å². The fourth-order valence-electron chi connectivity index (χ4n) is 4.55. The lowest BCUT2D eigenvalue weighted by Crippen LogP contribution is -2.20. The van der Waals surface area contributed by atoms with Gasteiger partial charge in [-0.2, -0.15) is 5.26 Å². The van der Waals surface area contributed by atoms with E-state index in [2.05, 4.69) is 36.7 Å². The lowest BCUT2D eigenvalue weighted by molar-refractivity contribution is 0.114. The number of carbonyl (C=O) groups is 1. The Labute approximate surface area is 195 Å². The molecule has 0 aliphatic heterocycles. The predicted octanol–water partition coefficient (Wildman–Crippen LogP) is 7.04. The Hall–Kier alpha value is -3.46. The summed E-state index contributed by atoms with van der Waals surface area (Å²) in [5, 5.41) is 13.8. The van der Waals surface area contributed by atoms with Gasteiger partial charge < -0.3 is 14.0 Å². The van der Waals surface area contributed by atoms with Crippen molar-refractivity contribution in [3.05, 3.63) is 48.0 Å². The van der Waals surface area contributed by atoms with E-state index in [4.69, 9.17) is 9.47 Å². The van der Waals surface area contributed by atoms with Crippen molar-refractivity contribution < 1.29 is 14.3 Å². The molecule has 0 radical (unpaired) electrons. The number of ether oxygens (including phenoxy) is 2. The second-order valence-electron chi connectivity index (χ2n) is 8.84. The normalized spacial score (nSPS) is 13.9. The first-order valence-corrected chi connectivity index (χ1v) is 11.8. The Morgan fingerprint density at radius 2 is 1.91 bits per heavy atom. The topological polar surface area (TPSA) is 76.3 Å². The van der Waals surface area contributed by atoms with Crippen molar-refractivity contribution in [2.45, 2.75) is 65.0 Å². The quantitative estimate of drug-likeness (QED) is 0.423. The maximum atomic E-state index is 12.2.